The van der Waals surface area contributed by atoms with Gasteiger partial charge in [-0.05, 0) is 37.1 Å². The van der Waals surface area contributed by atoms with Crippen molar-refractivity contribution in [1.29, 1.82) is 0 Å². The summed E-state index contributed by atoms with van der Waals surface area (Å²) < 4.78 is 27.0. The summed E-state index contributed by atoms with van der Waals surface area (Å²) in [6.45, 7) is 4.04. The molecule has 1 heterocycles. The van der Waals surface area contributed by atoms with Crippen LogP contribution in [0.4, 0.5) is 5.69 Å². The lowest BCUT2D eigenvalue weighted by molar-refractivity contribution is 0.581. The highest BCUT2D eigenvalue weighted by molar-refractivity contribution is 7.89. The normalized spacial score (nSPS) is 11.7. The highest BCUT2D eigenvalue weighted by atomic mass is 32.2. The van der Waals surface area contributed by atoms with Crippen LogP contribution in [0.2, 0.25) is 0 Å². The molecule has 0 amide bonds. The van der Waals surface area contributed by atoms with Gasteiger partial charge in [-0.25, -0.2) is 18.1 Å². The highest BCUT2D eigenvalue weighted by Crippen LogP contribution is 2.21. The second kappa shape index (κ2) is 5.90. The summed E-state index contributed by atoms with van der Waals surface area (Å²) in [5.74, 6) is 0. The first kappa shape index (κ1) is 15.0. The molecule has 0 bridgehead atoms. The summed E-state index contributed by atoms with van der Waals surface area (Å²) in [5, 5.41) is 1.91. The van der Waals surface area contributed by atoms with Gasteiger partial charge in [0.15, 0.2) is 0 Å². The number of hydrogen-bond donors (Lipinski definition) is 2. The van der Waals surface area contributed by atoms with Crippen LogP contribution in [0.15, 0.2) is 27.9 Å². The Labute approximate surface area is 122 Å². The predicted octanol–water partition coefficient (Wildman–Crippen LogP) is 1.86. The topological polar surface area (TPSA) is 85.1 Å². The zero-order valence-corrected chi connectivity index (χ0v) is 13.0. The fourth-order valence-electron chi connectivity index (χ4n) is 1.77. The van der Waals surface area contributed by atoms with E-state index in [1.807, 2.05) is 19.2 Å². The summed E-state index contributed by atoms with van der Waals surface area (Å²) in [6, 6.07) is 3.13. The van der Waals surface area contributed by atoms with Crippen LogP contribution in [0.1, 0.15) is 16.8 Å². The number of sulfonamides is 1. The van der Waals surface area contributed by atoms with Gasteiger partial charge < -0.3 is 5.73 Å². The number of thiazole rings is 1. The molecule has 2 rings (SSSR count). The summed E-state index contributed by atoms with van der Waals surface area (Å²) in [6.07, 6.45) is 0.572. The first-order chi connectivity index (χ1) is 9.40. The van der Waals surface area contributed by atoms with Crippen molar-refractivity contribution >= 4 is 27.0 Å². The maximum atomic E-state index is 12.2. The van der Waals surface area contributed by atoms with Gasteiger partial charge in [0.1, 0.15) is 0 Å². The maximum Gasteiger partial charge on any atom is 0.240 e. The predicted molar refractivity (Wildman–Crippen MR) is 81.3 cm³/mol. The average Bonchev–Trinajstić information content (AvgIpc) is 2.88. The molecule has 7 heteroatoms. The van der Waals surface area contributed by atoms with Crippen LogP contribution < -0.4 is 10.5 Å². The van der Waals surface area contributed by atoms with E-state index in [1.165, 1.54) is 17.4 Å². The van der Waals surface area contributed by atoms with Crippen molar-refractivity contribution in [3.8, 4) is 0 Å². The van der Waals surface area contributed by atoms with Crippen molar-refractivity contribution in [2.75, 3.05) is 12.3 Å². The van der Waals surface area contributed by atoms with Crippen LogP contribution in [-0.4, -0.2) is 19.9 Å². The average molecular weight is 311 g/mol. The van der Waals surface area contributed by atoms with Gasteiger partial charge in [0.25, 0.3) is 0 Å². The Morgan fingerprint density at radius 1 is 1.35 bits per heavy atom. The molecule has 0 aliphatic heterocycles. The van der Waals surface area contributed by atoms with Crippen LogP contribution in [0.3, 0.4) is 0 Å². The third-order valence-electron chi connectivity index (χ3n) is 3.15. The van der Waals surface area contributed by atoms with Gasteiger partial charge in [0.2, 0.25) is 10.0 Å². The Morgan fingerprint density at radius 2 is 2.10 bits per heavy atom. The number of aromatic nitrogens is 1. The van der Waals surface area contributed by atoms with Gasteiger partial charge in [-0.1, -0.05) is 0 Å². The van der Waals surface area contributed by atoms with Gasteiger partial charge in [-0.3, -0.25) is 0 Å². The van der Waals surface area contributed by atoms with Crippen molar-refractivity contribution in [3.05, 3.63) is 39.8 Å². The molecule has 0 saturated heterocycles. The highest BCUT2D eigenvalue weighted by Gasteiger charge is 2.15. The minimum absolute atomic E-state index is 0.205. The monoisotopic (exact) mass is 311 g/mol. The second-order valence-corrected chi connectivity index (χ2v) is 7.07. The van der Waals surface area contributed by atoms with Crippen molar-refractivity contribution in [1.82, 2.24) is 9.71 Å². The maximum absolute atomic E-state index is 12.2. The fourth-order valence-corrected chi connectivity index (χ4v) is 3.51. The van der Waals surface area contributed by atoms with E-state index in [4.69, 9.17) is 5.73 Å². The molecule has 108 valence electrons. The van der Waals surface area contributed by atoms with E-state index in [0.717, 1.165) is 16.8 Å². The number of nitrogens with two attached hydrogens (primary N) is 1. The summed E-state index contributed by atoms with van der Waals surface area (Å²) in [5.41, 5.74) is 10.7. The standard InChI is InChI=1S/C13H17N3O2S2/c1-9-5-12(6-13(14)10(9)2)20(17,18)16-4-3-11-7-19-8-15-11/h5-8,16H,3-4,14H2,1-2H3. The smallest absolute Gasteiger partial charge is 0.240 e. The summed E-state index contributed by atoms with van der Waals surface area (Å²) in [7, 11) is -3.53. The molecule has 0 unspecified atom stereocenters. The lowest BCUT2D eigenvalue weighted by atomic mass is 10.1. The van der Waals surface area contributed by atoms with E-state index in [2.05, 4.69) is 9.71 Å². The lowest BCUT2D eigenvalue weighted by Gasteiger charge is -2.10. The number of rotatable bonds is 5. The van der Waals surface area contributed by atoms with Crippen LogP contribution in [0, 0.1) is 13.8 Å². The van der Waals surface area contributed by atoms with Gasteiger partial charge in [0.05, 0.1) is 16.1 Å². The van der Waals surface area contributed by atoms with E-state index in [9.17, 15) is 8.42 Å². The molecular formula is C13H17N3O2S2. The van der Waals surface area contributed by atoms with E-state index in [0.29, 0.717) is 18.7 Å². The molecule has 0 saturated carbocycles. The number of nitrogens with zero attached hydrogens (tertiary/aromatic N) is 1. The molecule has 1 aromatic carbocycles. The quantitative estimate of drug-likeness (QED) is 0.825. The number of hydrogen-bond acceptors (Lipinski definition) is 5. The number of benzene rings is 1. The van der Waals surface area contributed by atoms with E-state index < -0.39 is 10.0 Å². The van der Waals surface area contributed by atoms with Crippen LogP contribution in [0.5, 0.6) is 0 Å². The van der Waals surface area contributed by atoms with Gasteiger partial charge in [0, 0.05) is 24.0 Å². The van der Waals surface area contributed by atoms with Crippen molar-refractivity contribution < 1.29 is 8.42 Å². The van der Waals surface area contributed by atoms with Crippen LogP contribution >= 0.6 is 11.3 Å². The van der Waals surface area contributed by atoms with Crippen molar-refractivity contribution in [3.63, 3.8) is 0 Å². The number of anilines is 1. The fraction of sp³-hybridized carbons (Fsp3) is 0.308. The van der Waals surface area contributed by atoms with E-state index in [1.54, 1.807) is 11.6 Å². The minimum atomic E-state index is -3.53. The third-order valence-corrected chi connectivity index (χ3v) is 5.22. The molecule has 3 N–H and O–H groups in total. The third kappa shape index (κ3) is 3.36. The number of aryl methyl sites for hydroxylation is 1. The molecule has 0 fully saturated rings. The molecule has 0 atom stereocenters. The molecular weight excluding hydrogens is 294 g/mol. The SMILES string of the molecule is Cc1cc(S(=O)(=O)NCCc2cscn2)cc(N)c1C. The molecule has 20 heavy (non-hydrogen) atoms. The summed E-state index contributed by atoms with van der Waals surface area (Å²) >= 11 is 1.49. The minimum Gasteiger partial charge on any atom is -0.398 e. The first-order valence-electron chi connectivity index (χ1n) is 6.13. The van der Waals surface area contributed by atoms with Crippen LogP contribution in [0.25, 0.3) is 0 Å². The zero-order valence-electron chi connectivity index (χ0n) is 11.4. The van der Waals surface area contributed by atoms with E-state index >= 15 is 0 Å². The number of nitrogen functional groups attached to an aromatic ring is 1. The largest absolute Gasteiger partial charge is 0.398 e. The Kier molecular flexibility index (Phi) is 4.42. The van der Waals surface area contributed by atoms with Gasteiger partial charge >= 0.3 is 0 Å². The van der Waals surface area contributed by atoms with Crippen molar-refractivity contribution in [2.24, 2.45) is 0 Å². The lowest BCUT2D eigenvalue weighted by Crippen LogP contribution is -2.26. The Bertz CT molecular complexity index is 671. The van der Waals surface area contributed by atoms with Crippen LogP contribution in [-0.2, 0) is 16.4 Å². The van der Waals surface area contributed by atoms with Crippen molar-refractivity contribution in [2.45, 2.75) is 25.2 Å². The first-order valence-corrected chi connectivity index (χ1v) is 8.56. The molecule has 2 aromatic rings. The zero-order chi connectivity index (χ0) is 14.8. The van der Waals surface area contributed by atoms with Gasteiger partial charge in [-0.15, -0.1) is 11.3 Å². The molecule has 0 aliphatic rings. The Hall–Kier alpha value is -1.44. The van der Waals surface area contributed by atoms with Gasteiger partial charge in [-0.2, -0.15) is 0 Å². The molecule has 5 nitrogen and oxygen atoms in total. The van der Waals surface area contributed by atoms with E-state index in [-0.39, 0.29) is 4.90 Å². The molecule has 0 aliphatic carbocycles. The Balaban J connectivity index is 2.10. The molecule has 1 aromatic heterocycles. The Morgan fingerprint density at radius 3 is 2.70 bits per heavy atom. The summed E-state index contributed by atoms with van der Waals surface area (Å²) in [4.78, 5) is 4.32. The number of nitrogens with one attached hydrogen (secondary N) is 1. The molecule has 0 spiro atoms. The molecule has 0 radical (unpaired) electrons. The second-order valence-electron chi connectivity index (χ2n) is 4.58.